The molecule has 0 atom stereocenters. The minimum absolute atomic E-state index is 0.334. The van der Waals surface area contributed by atoms with E-state index in [0.29, 0.717) is 6.61 Å². The molecule has 0 saturated heterocycles. The van der Waals surface area contributed by atoms with Gasteiger partial charge in [-0.3, -0.25) is 0 Å². The molecule has 2 heteroatoms. The molecule has 0 aromatic rings. The number of hydrogen-bond acceptors (Lipinski definition) is 1. The first kappa shape index (κ1) is 12.9. The number of unbranched alkanes of at least 4 members (excludes halogenated alkanes) is 2. The van der Waals surface area contributed by atoms with Gasteiger partial charge in [0, 0.05) is 14.7 Å². The van der Waals surface area contributed by atoms with Gasteiger partial charge in [-0.1, -0.05) is 31.6 Å². The molecule has 0 aliphatic heterocycles. The minimum Gasteiger partial charge on any atom is -0.396 e. The zero-order valence-electron chi connectivity index (χ0n) is 9.40. The third-order valence-electron chi connectivity index (χ3n) is 1.97. The summed E-state index contributed by atoms with van der Waals surface area (Å²) in [6.45, 7) is 11.6. The van der Waals surface area contributed by atoms with Gasteiger partial charge in [0.15, 0.2) is 0 Å². The van der Waals surface area contributed by atoms with E-state index in [0.717, 1.165) is 19.3 Å². The van der Waals surface area contributed by atoms with Crippen LogP contribution in [0.25, 0.3) is 0 Å². The number of aliphatic hydroxyl groups excluding tert-OH is 1. The Morgan fingerprint density at radius 3 is 2.23 bits per heavy atom. The molecular weight excluding hydrogens is 176 g/mol. The summed E-state index contributed by atoms with van der Waals surface area (Å²) in [5.41, 5.74) is 1.41. The van der Waals surface area contributed by atoms with E-state index in [9.17, 15) is 0 Å². The molecule has 0 fully saturated rings. The zero-order chi connectivity index (χ0) is 10.3. The van der Waals surface area contributed by atoms with Crippen LogP contribution in [0.5, 0.6) is 0 Å². The highest BCUT2D eigenvalue weighted by Crippen LogP contribution is 2.19. The van der Waals surface area contributed by atoms with Crippen LogP contribution in [0.3, 0.4) is 0 Å². The van der Waals surface area contributed by atoms with Crippen molar-refractivity contribution in [3.05, 3.63) is 12.2 Å². The van der Waals surface area contributed by atoms with Crippen LogP contribution in [-0.2, 0) is 0 Å². The number of aliphatic hydroxyl groups is 1. The van der Waals surface area contributed by atoms with Gasteiger partial charge in [0.05, 0.1) is 0 Å². The summed E-state index contributed by atoms with van der Waals surface area (Å²) < 4.78 is 0. The first-order valence-corrected chi connectivity index (χ1v) is 8.94. The van der Waals surface area contributed by atoms with Crippen LogP contribution in [0.1, 0.15) is 25.7 Å². The van der Waals surface area contributed by atoms with Gasteiger partial charge in [0.1, 0.15) is 0 Å². The normalized spacial score (nSPS) is 11.7. The Labute approximate surface area is 83.9 Å². The van der Waals surface area contributed by atoms with Crippen LogP contribution in [0.2, 0.25) is 25.7 Å². The lowest BCUT2D eigenvalue weighted by molar-refractivity contribution is 0.283. The molecule has 0 rings (SSSR count). The zero-order valence-corrected chi connectivity index (χ0v) is 10.4. The average molecular weight is 200 g/mol. The highest BCUT2D eigenvalue weighted by atomic mass is 28.3. The summed E-state index contributed by atoms with van der Waals surface area (Å²) in [6, 6.07) is 1.26. The molecule has 0 aromatic carbocycles. The molecule has 0 amide bonds. The molecule has 0 aliphatic carbocycles. The van der Waals surface area contributed by atoms with Gasteiger partial charge in [-0.2, -0.15) is 0 Å². The van der Waals surface area contributed by atoms with Crippen LogP contribution in [0, 0.1) is 0 Å². The number of hydrogen-bond donors (Lipinski definition) is 1. The van der Waals surface area contributed by atoms with E-state index in [-0.39, 0.29) is 0 Å². The molecule has 0 radical (unpaired) electrons. The summed E-state index contributed by atoms with van der Waals surface area (Å²) in [5, 5.41) is 8.60. The van der Waals surface area contributed by atoms with Crippen molar-refractivity contribution < 1.29 is 5.11 Å². The molecule has 0 aromatic heterocycles. The van der Waals surface area contributed by atoms with Gasteiger partial charge in [0.25, 0.3) is 0 Å². The minimum atomic E-state index is -0.938. The summed E-state index contributed by atoms with van der Waals surface area (Å²) in [6.07, 6.45) is 4.44. The highest BCUT2D eigenvalue weighted by Gasteiger charge is 2.13. The molecule has 0 saturated carbocycles. The molecule has 0 heterocycles. The quantitative estimate of drug-likeness (QED) is 0.379. The number of allylic oxidation sites excluding steroid dienone is 1. The maximum Gasteiger partial charge on any atom is 0.0483 e. The smallest absolute Gasteiger partial charge is 0.0483 e. The van der Waals surface area contributed by atoms with Crippen LogP contribution >= 0.6 is 0 Å². The third-order valence-corrected chi connectivity index (χ3v) is 3.53. The van der Waals surface area contributed by atoms with E-state index in [2.05, 4.69) is 26.2 Å². The molecule has 78 valence electrons. The van der Waals surface area contributed by atoms with Crippen molar-refractivity contribution in [3.8, 4) is 0 Å². The number of rotatable bonds is 7. The van der Waals surface area contributed by atoms with E-state index in [1.807, 2.05) is 0 Å². The van der Waals surface area contributed by atoms with Gasteiger partial charge >= 0.3 is 0 Å². The molecule has 1 nitrogen and oxygen atoms in total. The van der Waals surface area contributed by atoms with Gasteiger partial charge in [0.2, 0.25) is 0 Å². The maximum atomic E-state index is 8.60. The average Bonchev–Trinajstić information content (AvgIpc) is 1.94. The maximum absolute atomic E-state index is 8.60. The Bertz CT molecular complexity index is 147. The van der Waals surface area contributed by atoms with Crippen LogP contribution in [0.15, 0.2) is 12.2 Å². The fourth-order valence-electron chi connectivity index (χ4n) is 1.50. The van der Waals surface area contributed by atoms with Crippen molar-refractivity contribution >= 4 is 8.07 Å². The Morgan fingerprint density at radius 1 is 1.15 bits per heavy atom. The predicted octanol–water partition coefficient (Wildman–Crippen LogP) is 3.43. The first-order chi connectivity index (χ1) is 5.95. The summed E-state index contributed by atoms with van der Waals surface area (Å²) >= 11 is 0. The largest absolute Gasteiger partial charge is 0.396 e. The topological polar surface area (TPSA) is 20.2 Å². The second-order valence-electron chi connectivity index (χ2n) is 5.02. The fourth-order valence-corrected chi connectivity index (χ4v) is 3.18. The highest BCUT2D eigenvalue weighted by molar-refractivity contribution is 6.76. The van der Waals surface area contributed by atoms with E-state index >= 15 is 0 Å². The standard InChI is InChI=1S/C11H24OSi/c1-11(10-13(2,3)4)8-6-5-7-9-12/h12H,1,5-10H2,2-4H3. The fraction of sp³-hybridized carbons (Fsp3) is 0.818. The van der Waals surface area contributed by atoms with E-state index in [4.69, 9.17) is 5.11 Å². The lowest BCUT2D eigenvalue weighted by atomic mass is 10.1. The van der Waals surface area contributed by atoms with E-state index < -0.39 is 8.07 Å². The van der Waals surface area contributed by atoms with Crippen molar-refractivity contribution in [1.29, 1.82) is 0 Å². The first-order valence-electron chi connectivity index (χ1n) is 5.23. The van der Waals surface area contributed by atoms with Gasteiger partial charge in [-0.15, -0.1) is 6.58 Å². The third kappa shape index (κ3) is 9.83. The van der Waals surface area contributed by atoms with Crippen LogP contribution < -0.4 is 0 Å². The lowest BCUT2D eigenvalue weighted by Gasteiger charge is -2.17. The van der Waals surface area contributed by atoms with Crippen molar-refractivity contribution in [1.82, 2.24) is 0 Å². The second kappa shape index (κ2) is 6.38. The van der Waals surface area contributed by atoms with Crippen molar-refractivity contribution in [2.45, 2.75) is 51.4 Å². The monoisotopic (exact) mass is 200 g/mol. The van der Waals surface area contributed by atoms with Gasteiger partial charge in [-0.05, 0) is 25.3 Å². The Hall–Kier alpha value is -0.0831. The second-order valence-corrected chi connectivity index (χ2v) is 10.5. The Balaban J connectivity index is 3.41. The molecule has 0 unspecified atom stereocenters. The predicted molar refractivity (Wildman–Crippen MR) is 62.8 cm³/mol. The Morgan fingerprint density at radius 2 is 1.77 bits per heavy atom. The molecule has 13 heavy (non-hydrogen) atoms. The van der Waals surface area contributed by atoms with Crippen molar-refractivity contribution in [2.75, 3.05) is 6.61 Å². The molecule has 0 aliphatic rings. The summed E-state index contributed by atoms with van der Waals surface area (Å²) in [5.74, 6) is 0. The SMILES string of the molecule is C=C(CCCCCO)C[Si](C)(C)C. The molecular formula is C11H24OSi. The van der Waals surface area contributed by atoms with Gasteiger partial charge in [-0.25, -0.2) is 0 Å². The van der Waals surface area contributed by atoms with Crippen molar-refractivity contribution in [3.63, 3.8) is 0 Å². The van der Waals surface area contributed by atoms with E-state index in [1.165, 1.54) is 18.0 Å². The molecule has 0 bridgehead atoms. The van der Waals surface area contributed by atoms with Crippen LogP contribution in [-0.4, -0.2) is 19.8 Å². The summed E-state index contributed by atoms with van der Waals surface area (Å²) in [4.78, 5) is 0. The van der Waals surface area contributed by atoms with Gasteiger partial charge < -0.3 is 5.11 Å². The van der Waals surface area contributed by atoms with Crippen LogP contribution in [0.4, 0.5) is 0 Å². The molecule has 1 N–H and O–H groups in total. The molecule has 0 spiro atoms. The van der Waals surface area contributed by atoms with E-state index in [1.54, 1.807) is 0 Å². The summed E-state index contributed by atoms with van der Waals surface area (Å²) in [7, 11) is -0.938. The Kier molecular flexibility index (Phi) is 6.34. The lowest BCUT2D eigenvalue weighted by Crippen LogP contribution is -2.19. The van der Waals surface area contributed by atoms with Crippen molar-refractivity contribution in [2.24, 2.45) is 0 Å².